The summed E-state index contributed by atoms with van der Waals surface area (Å²) in [4.78, 5) is 19.0. The van der Waals surface area contributed by atoms with E-state index in [0.717, 1.165) is 5.56 Å². The van der Waals surface area contributed by atoms with Crippen LogP contribution in [0.15, 0.2) is 72.9 Å². The Morgan fingerprint density at radius 2 is 1.71 bits per heavy atom. The first kappa shape index (κ1) is 16.5. The molecule has 3 nitrogen and oxygen atoms in total. The van der Waals surface area contributed by atoms with Gasteiger partial charge in [0.2, 0.25) is 0 Å². The summed E-state index contributed by atoms with van der Waals surface area (Å²) >= 11 is 12.2. The highest BCUT2D eigenvalue weighted by atomic mass is 35.5. The summed E-state index contributed by atoms with van der Waals surface area (Å²) in [6, 6.07) is 20.0. The van der Waals surface area contributed by atoms with Gasteiger partial charge in [0, 0.05) is 11.2 Å². The molecule has 0 saturated carbocycles. The molecule has 2 aromatic carbocycles. The normalized spacial score (nSPS) is 10.4. The largest absolute Gasteiger partial charge is 0.288 e. The molecule has 0 unspecified atom stereocenters. The van der Waals surface area contributed by atoms with Gasteiger partial charge in [-0.2, -0.15) is 0 Å². The second kappa shape index (κ2) is 7.47. The standard InChI is InChI=1S/C19H14Cl2N2O/c20-15-9-10-17(21)16(12-15)19(24)23(18-8-4-5-11-22-18)13-14-6-2-1-3-7-14/h1-12H,13H2. The van der Waals surface area contributed by atoms with Crippen molar-refractivity contribution in [2.24, 2.45) is 0 Å². The van der Waals surface area contributed by atoms with Gasteiger partial charge < -0.3 is 0 Å². The third-order valence-electron chi connectivity index (χ3n) is 3.51. The van der Waals surface area contributed by atoms with E-state index in [9.17, 15) is 4.79 Å². The molecule has 5 heteroatoms. The number of rotatable bonds is 4. The summed E-state index contributed by atoms with van der Waals surface area (Å²) in [5.74, 6) is 0.312. The predicted octanol–water partition coefficient (Wildman–Crippen LogP) is 5.24. The van der Waals surface area contributed by atoms with Crippen LogP contribution in [-0.4, -0.2) is 10.9 Å². The highest BCUT2D eigenvalue weighted by molar-refractivity contribution is 6.36. The average Bonchev–Trinajstić information content (AvgIpc) is 2.63. The van der Waals surface area contributed by atoms with Gasteiger partial charge in [0.1, 0.15) is 5.82 Å². The van der Waals surface area contributed by atoms with Crippen molar-refractivity contribution in [2.75, 3.05) is 4.90 Å². The number of hydrogen-bond donors (Lipinski definition) is 0. The Morgan fingerprint density at radius 1 is 0.958 bits per heavy atom. The van der Waals surface area contributed by atoms with Gasteiger partial charge in [0.05, 0.1) is 17.1 Å². The van der Waals surface area contributed by atoms with Gasteiger partial charge in [-0.1, -0.05) is 59.6 Å². The second-order valence-corrected chi connectivity index (χ2v) is 6.03. The summed E-state index contributed by atoms with van der Waals surface area (Å²) in [6.45, 7) is 0.388. The van der Waals surface area contributed by atoms with E-state index in [1.807, 2.05) is 36.4 Å². The number of amides is 1. The molecule has 0 aliphatic rings. The fourth-order valence-electron chi connectivity index (χ4n) is 2.34. The van der Waals surface area contributed by atoms with Crippen molar-refractivity contribution in [3.8, 4) is 0 Å². The fraction of sp³-hybridized carbons (Fsp3) is 0.0526. The number of aromatic nitrogens is 1. The van der Waals surface area contributed by atoms with E-state index in [2.05, 4.69) is 4.98 Å². The summed E-state index contributed by atoms with van der Waals surface area (Å²) < 4.78 is 0. The minimum atomic E-state index is -0.245. The van der Waals surface area contributed by atoms with Gasteiger partial charge in [-0.15, -0.1) is 0 Å². The Hall–Kier alpha value is -2.36. The monoisotopic (exact) mass is 356 g/mol. The Labute approximate surface area is 150 Å². The molecule has 0 spiro atoms. The summed E-state index contributed by atoms with van der Waals surface area (Å²) in [7, 11) is 0. The molecule has 3 aromatic rings. The highest BCUT2D eigenvalue weighted by Gasteiger charge is 2.21. The van der Waals surface area contributed by atoms with E-state index in [1.54, 1.807) is 41.4 Å². The molecule has 120 valence electrons. The van der Waals surface area contributed by atoms with Crippen molar-refractivity contribution in [2.45, 2.75) is 6.54 Å². The summed E-state index contributed by atoms with van der Waals surface area (Å²) in [5, 5.41) is 0.821. The zero-order valence-electron chi connectivity index (χ0n) is 12.7. The van der Waals surface area contributed by atoms with Crippen LogP contribution in [0.25, 0.3) is 0 Å². The molecule has 0 N–H and O–H groups in total. The van der Waals surface area contributed by atoms with Crippen LogP contribution < -0.4 is 4.90 Å². The molecular weight excluding hydrogens is 343 g/mol. The molecule has 0 aliphatic heterocycles. The minimum Gasteiger partial charge on any atom is -0.288 e. The minimum absolute atomic E-state index is 0.245. The number of anilines is 1. The Bertz CT molecular complexity index is 839. The molecule has 0 atom stereocenters. The lowest BCUT2D eigenvalue weighted by Crippen LogP contribution is -2.31. The lowest BCUT2D eigenvalue weighted by atomic mass is 10.1. The summed E-state index contributed by atoms with van der Waals surface area (Å²) in [5.41, 5.74) is 1.35. The van der Waals surface area contributed by atoms with Crippen LogP contribution >= 0.6 is 23.2 Å². The SMILES string of the molecule is O=C(c1cc(Cl)ccc1Cl)N(Cc1ccccc1)c1ccccn1. The number of pyridine rings is 1. The maximum absolute atomic E-state index is 13.1. The van der Waals surface area contributed by atoms with Crippen LogP contribution in [0.1, 0.15) is 15.9 Å². The first-order valence-electron chi connectivity index (χ1n) is 7.37. The number of carbonyl (C=O) groups excluding carboxylic acids is 1. The fourth-order valence-corrected chi connectivity index (χ4v) is 2.71. The molecule has 3 rings (SSSR count). The van der Waals surface area contributed by atoms with E-state index in [-0.39, 0.29) is 5.91 Å². The van der Waals surface area contributed by atoms with Crippen LogP contribution in [0.3, 0.4) is 0 Å². The smallest absolute Gasteiger partial charge is 0.261 e. The van der Waals surface area contributed by atoms with E-state index in [4.69, 9.17) is 23.2 Å². The van der Waals surface area contributed by atoms with Crippen molar-refractivity contribution in [3.63, 3.8) is 0 Å². The quantitative estimate of drug-likeness (QED) is 0.640. The number of nitrogens with zero attached hydrogens (tertiary/aromatic N) is 2. The van der Waals surface area contributed by atoms with Gasteiger partial charge in [0.25, 0.3) is 5.91 Å². The first-order valence-corrected chi connectivity index (χ1v) is 8.12. The molecule has 0 bridgehead atoms. The molecule has 0 radical (unpaired) electrons. The van der Waals surface area contributed by atoms with Crippen molar-refractivity contribution >= 4 is 34.9 Å². The maximum atomic E-state index is 13.1. The van der Waals surface area contributed by atoms with Crippen LogP contribution in [0.2, 0.25) is 10.0 Å². The number of halogens is 2. The van der Waals surface area contributed by atoms with E-state index in [1.165, 1.54) is 0 Å². The first-order chi connectivity index (χ1) is 11.6. The molecular formula is C19H14Cl2N2O. The topological polar surface area (TPSA) is 33.2 Å². The zero-order chi connectivity index (χ0) is 16.9. The Balaban J connectivity index is 2.01. The van der Waals surface area contributed by atoms with E-state index >= 15 is 0 Å². The molecule has 24 heavy (non-hydrogen) atoms. The van der Waals surface area contributed by atoms with E-state index < -0.39 is 0 Å². The van der Waals surface area contributed by atoms with Crippen LogP contribution in [0.4, 0.5) is 5.82 Å². The summed E-state index contributed by atoms with van der Waals surface area (Å²) in [6.07, 6.45) is 1.65. The van der Waals surface area contributed by atoms with Gasteiger partial charge in [0.15, 0.2) is 0 Å². The third-order valence-corrected chi connectivity index (χ3v) is 4.08. The molecule has 1 heterocycles. The van der Waals surface area contributed by atoms with Crippen molar-refractivity contribution in [1.82, 2.24) is 4.98 Å². The number of hydrogen-bond acceptors (Lipinski definition) is 2. The lowest BCUT2D eigenvalue weighted by Gasteiger charge is -2.22. The maximum Gasteiger partial charge on any atom is 0.261 e. The van der Waals surface area contributed by atoms with Crippen LogP contribution in [0, 0.1) is 0 Å². The van der Waals surface area contributed by atoms with Gasteiger partial charge in [-0.3, -0.25) is 9.69 Å². The number of carbonyl (C=O) groups is 1. The highest BCUT2D eigenvalue weighted by Crippen LogP contribution is 2.25. The van der Waals surface area contributed by atoms with Crippen LogP contribution in [0.5, 0.6) is 0 Å². The van der Waals surface area contributed by atoms with Crippen molar-refractivity contribution < 1.29 is 4.79 Å². The Kier molecular flexibility index (Phi) is 5.14. The Morgan fingerprint density at radius 3 is 2.42 bits per heavy atom. The molecule has 0 aliphatic carbocycles. The number of benzene rings is 2. The van der Waals surface area contributed by atoms with Crippen molar-refractivity contribution in [1.29, 1.82) is 0 Å². The van der Waals surface area contributed by atoms with Crippen LogP contribution in [-0.2, 0) is 6.54 Å². The molecule has 0 saturated heterocycles. The third kappa shape index (κ3) is 3.75. The lowest BCUT2D eigenvalue weighted by molar-refractivity contribution is 0.0984. The molecule has 0 fully saturated rings. The molecule has 1 amide bonds. The predicted molar refractivity (Wildman–Crippen MR) is 97.7 cm³/mol. The van der Waals surface area contributed by atoms with E-state index in [0.29, 0.717) is 28.0 Å². The van der Waals surface area contributed by atoms with Gasteiger partial charge in [-0.25, -0.2) is 4.98 Å². The van der Waals surface area contributed by atoms with Gasteiger partial charge in [-0.05, 0) is 35.9 Å². The molecule has 1 aromatic heterocycles. The van der Waals surface area contributed by atoms with Gasteiger partial charge >= 0.3 is 0 Å². The van der Waals surface area contributed by atoms with Crippen molar-refractivity contribution in [3.05, 3.63) is 94.1 Å². The second-order valence-electron chi connectivity index (χ2n) is 5.19. The zero-order valence-corrected chi connectivity index (χ0v) is 14.2. The average molecular weight is 357 g/mol.